The zero-order valence-electron chi connectivity index (χ0n) is 13.9. The maximum atomic E-state index is 12.3. The number of aromatic amines is 1. The molecule has 25 heavy (non-hydrogen) atoms. The number of hydrogen-bond acceptors (Lipinski definition) is 4. The number of morpholine rings is 1. The van der Waals surface area contributed by atoms with E-state index in [0.29, 0.717) is 12.4 Å². The smallest absolute Gasteiger partial charge is 0.287 e. The number of carbonyl (C=O) groups is 1. The van der Waals surface area contributed by atoms with Crippen LogP contribution < -0.4 is 10.2 Å². The van der Waals surface area contributed by atoms with Crippen LogP contribution in [0.4, 0.5) is 5.69 Å². The van der Waals surface area contributed by atoms with E-state index in [1.165, 1.54) is 5.69 Å². The summed E-state index contributed by atoms with van der Waals surface area (Å²) in [6.07, 6.45) is 0. The van der Waals surface area contributed by atoms with Crippen molar-refractivity contribution in [1.29, 1.82) is 0 Å². The number of anilines is 1. The van der Waals surface area contributed by atoms with Gasteiger partial charge in [-0.3, -0.25) is 4.79 Å². The summed E-state index contributed by atoms with van der Waals surface area (Å²) in [4.78, 5) is 21.9. The highest BCUT2D eigenvalue weighted by Crippen LogP contribution is 2.17. The lowest BCUT2D eigenvalue weighted by Gasteiger charge is -2.28. The standard InChI is InChI=1S/C19H20N4O2/c24-19(18-21-16-3-1-2-4-17(16)22-18)20-13-14-5-7-15(8-6-14)23-9-11-25-12-10-23/h1-8H,9-13H2,(H,20,24)(H,21,22). The monoisotopic (exact) mass is 336 g/mol. The molecule has 1 saturated heterocycles. The Morgan fingerprint density at radius 1 is 1.12 bits per heavy atom. The van der Waals surface area contributed by atoms with Gasteiger partial charge in [0, 0.05) is 25.3 Å². The summed E-state index contributed by atoms with van der Waals surface area (Å²) in [6, 6.07) is 15.9. The minimum absolute atomic E-state index is 0.201. The van der Waals surface area contributed by atoms with Gasteiger partial charge in [0.2, 0.25) is 0 Å². The Hall–Kier alpha value is -2.86. The van der Waals surface area contributed by atoms with Gasteiger partial charge in [-0.2, -0.15) is 0 Å². The van der Waals surface area contributed by atoms with Crippen LogP contribution in [0.5, 0.6) is 0 Å². The predicted molar refractivity (Wildman–Crippen MR) is 96.7 cm³/mol. The second kappa shape index (κ2) is 6.94. The predicted octanol–water partition coefficient (Wildman–Crippen LogP) is 2.33. The molecule has 0 unspecified atom stereocenters. The number of H-pyrrole nitrogens is 1. The quantitative estimate of drug-likeness (QED) is 0.767. The molecule has 0 spiro atoms. The molecule has 2 aromatic carbocycles. The Kier molecular flexibility index (Phi) is 4.35. The van der Waals surface area contributed by atoms with Gasteiger partial charge >= 0.3 is 0 Å². The average Bonchev–Trinajstić information content (AvgIpc) is 3.11. The molecule has 6 heteroatoms. The second-order valence-electron chi connectivity index (χ2n) is 6.05. The fourth-order valence-electron chi connectivity index (χ4n) is 2.97. The Bertz CT molecular complexity index is 834. The maximum absolute atomic E-state index is 12.3. The molecular formula is C19H20N4O2. The number of fused-ring (bicyclic) bond motifs is 1. The van der Waals surface area contributed by atoms with Crippen LogP contribution in [0.25, 0.3) is 11.0 Å². The number of aromatic nitrogens is 2. The van der Waals surface area contributed by atoms with E-state index in [1.807, 2.05) is 36.4 Å². The molecule has 1 amide bonds. The number of rotatable bonds is 4. The summed E-state index contributed by atoms with van der Waals surface area (Å²) in [5.41, 5.74) is 3.90. The van der Waals surface area contributed by atoms with Gasteiger partial charge in [0.1, 0.15) is 0 Å². The van der Waals surface area contributed by atoms with Gasteiger partial charge in [0.25, 0.3) is 5.91 Å². The van der Waals surface area contributed by atoms with Gasteiger partial charge < -0.3 is 19.9 Å². The molecule has 0 saturated carbocycles. The first-order valence-electron chi connectivity index (χ1n) is 8.44. The van der Waals surface area contributed by atoms with Crippen LogP contribution in [0.2, 0.25) is 0 Å². The number of nitrogens with one attached hydrogen (secondary N) is 2. The summed E-state index contributed by atoms with van der Waals surface area (Å²) in [5.74, 6) is 0.139. The molecule has 1 aromatic heterocycles. The minimum atomic E-state index is -0.201. The van der Waals surface area contributed by atoms with Crippen molar-refractivity contribution >= 4 is 22.6 Å². The zero-order chi connectivity index (χ0) is 17.1. The number of ether oxygens (including phenoxy) is 1. The molecular weight excluding hydrogens is 316 g/mol. The zero-order valence-corrected chi connectivity index (χ0v) is 13.9. The van der Waals surface area contributed by atoms with Gasteiger partial charge in [-0.15, -0.1) is 0 Å². The Morgan fingerprint density at radius 2 is 1.88 bits per heavy atom. The van der Waals surface area contributed by atoms with Gasteiger partial charge in [-0.1, -0.05) is 24.3 Å². The van der Waals surface area contributed by atoms with Crippen molar-refractivity contribution in [1.82, 2.24) is 15.3 Å². The van der Waals surface area contributed by atoms with E-state index in [4.69, 9.17) is 4.74 Å². The Morgan fingerprint density at radius 3 is 2.64 bits per heavy atom. The first-order chi connectivity index (χ1) is 12.3. The lowest BCUT2D eigenvalue weighted by molar-refractivity contribution is 0.0942. The third-order valence-electron chi connectivity index (χ3n) is 4.37. The molecule has 1 fully saturated rings. The molecule has 2 N–H and O–H groups in total. The Labute approximate surface area is 145 Å². The molecule has 4 rings (SSSR count). The molecule has 1 aliphatic rings. The lowest BCUT2D eigenvalue weighted by Crippen LogP contribution is -2.36. The summed E-state index contributed by atoms with van der Waals surface area (Å²) in [5, 5.41) is 2.91. The van der Waals surface area contributed by atoms with Crippen molar-refractivity contribution in [3.63, 3.8) is 0 Å². The van der Waals surface area contributed by atoms with Crippen molar-refractivity contribution in [3.05, 3.63) is 59.9 Å². The van der Waals surface area contributed by atoms with Gasteiger partial charge in [0.15, 0.2) is 5.82 Å². The molecule has 6 nitrogen and oxygen atoms in total. The van der Waals surface area contributed by atoms with E-state index in [0.717, 1.165) is 42.9 Å². The molecule has 128 valence electrons. The third-order valence-corrected chi connectivity index (χ3v) is 4.37. The SMILES string of the molecule is O=C(NCc1ccc(N2CCOCC2)cc1)c1nc2ccccc2[nH]1. The Balaban J connectivity index is 1.38. The lowest BCUT2D eigenvalue weighted by atomic mass is 10.2. The highest BCUT2D eigenvalue weighted by atomic mass is 16.5. The molecule has 2 heterocycles. The first kappa shape index (κ1) is 15.7. The van der Waals surface area contributed by atoms with Crippen LogP contribution in [-0.4, -0.2) is 42.2 Å². The number of amides is 1. The second-order valence-corrected chi connectivity index (χ2v) is 6.05. The highest BCUT2D eigenvalue weighted by Gasteiger charge is 2.12. The number of carbonyl (C=O) groups excluding carboxylic acids is 1. The van der Waals surface area contributed by atoms with Crippen molar-refractivity contribution in [2.45, 2.75) is 6.54 Å². The minimum Gasteiger partial charge on any atom is -0.378 e. The summed E-state index contributed by atoms with van der Waals surface area (Å²) < 4.78 is 5.38. The molecule has 0 atom stereocenters. The van der Waals surface area contributed by atoms with Gasteiger partial charge in [0.05, 0.1) is 24.2 Å². The number of imidazole rings is 1. The van der Waals surface area contributed by atoms with Crippen LogP contribution in [0.15, 0.2) is 48.5 Å². The topological polar surface area (TPSA) is 70.2 Å². The molecule has 0 bridgehead atoms. The van der Waals surface area contributed by atoms with E-state index in [9.17, 15) is 4.79 Å². The van der Waals surface area contributed by atoms with Crippen LogP contribution in [0, 0.1) is 0 Å². The number of nitrogens with zero attached hydrogens (tertiary/aromatic N) is 2. The third kappa shape index (κ3) is 3.49. The fourth-order valence-corrected chi connectivity index (χ4v) is 2.97. The van der Waals surface area contributed by atoms with E-state index in [-0.39, 0.29) is 5.91 Å². The number of hydrogen-bond donors (Lipinski definition) is 2. The van der Waals surface area contributed by atoms with Crippen LogP contribution in [0.1, 0.15) is 16.2 Å². The summed E-state index contributed by atoms with van der Waals surface area (Å²) in [6.45, 7) is 3.86. The molecule has 1 aliphatic heterocycles. The summed E-state index contributed by atoms with van der Waals surface area (Å²) >= 11 is 0. The fraction of sp³-hybridized carbons (Fsp3) is 0.263. The van der Waals surface area contributed by atoms with E-state index in [2.05, 4.69) is 32.3 Å². The van der Waals surface area contributed by atoms with Gasteiger partial charge in [-0.25, -0.2) is 4.98 Å². The normalized spacial score (nSPS) is 14.6. The van der Waals surface area contributed by atoms with E-state index >= 15 is 0 Å². The van der Waals surface area contributed by atoms with Crippen molar-refractivity contribution in [3.8, 4) is 0 Å². The van der Waals surface area contributed by atoms with Crippen molar-refractivity contribution < 1.29 is 9.53 Å². The van der Waals surface area contributed by atoms with Gasteiger partial charge in [-0.05, 0) is 29.8 Å². The van der Waals surface area contributed by atoms with E-state index < -0.39 is 0 Å². The van der Waals surface area contributed by atoms with Crippen molar-refractivity contribution in [2.75, 3.05) is 31.2 Å². The molecule has 3 aromatic rings. The van der Waals surface area contributed by atoms with Crippen molar-refractivity contribution in [2.24, 2.45) is 0 Å². The molecule has 0 aliphatic carbocycles. The molecule has 0 radical (unpaired) electrons. The number of benzene rings is 2. The number of para-hydroxylation sites is 2. The maximum Gasteiger partial charge on any atom is 0.287 e. The average molecular weight is 336 g/mol. The largest absolute Gasteiger partial charge is 0.378 e. The highest BCUT2D eigenvalue weighted by molar-refractivity contribution is 5.94. The van der Waals surface area contributed by atoms with Crippen LogP contribution >= 0.6 is 0 Å². The van der Waals surface area contributed by atoms with E-state index in [1.54, 1.807) is 0 Å². The van der Waals surface area contributed by atoms with Crippen LogP contribution in [0.3, 0.4) is 0 Å². The summed E-state index contributed by atoms with van der Waals surface area (Å²) in [7, 11) is 0. The first-order valence-corrected chi connectivity index (χ1v) is 8.44. The van der Waals surface area contributed by atoms with Crippen LogP contribution in [-0.2, 0) is 11.3 Å².